The Labute approximate surface area is 353 Å². The summed E-state index contributed by atoms with van der Waals surface area (Å²) in [6, 6.07) is 67.4. The molecule has 60 heavy (non-hydrogen) atoms. The van der Waals surface area contributed by atoms with Crippen molar-refractivity contribution in [3.8, 4) is 62.1 Å². The molecule has 0 unspecified atom stereocenters. The summed E-state index contributed by atoms with van der Waals surface area (Å²) in [4.78, 5) is 15.3. The van der Waals surface area contributed by atoms with Crippen molar-refractivity contribution in [2.45, 2.75) is 26.2 Å². The molecule has 0 amide bonds. The van der Waals surface area contributed by atoms with Crippen LogP contribution in [-0.4, -0.2) is 19.5 Å². The molecule has 11 aromatic rings. The van der Waals surface area contributed by atoms with Crippen LogP contribution in [0.25, 0.3) is 104 Å². The quantitative estimate of drug-likeness (QED) is 0.146. The monoisotopic (exact) mass is 788 g/mol. The maximum atomic E-state index is 5.17. The van der Waals surface area contributed by atoms with Crippen LogP contribution in [0, 0.1) is 0 Å². The molecule has 5 heteroatoms. The van der Waals surface area contributed by atoms with Crippen LogP contribution in [0.1, 0.15) is 25.3 Å². The van der Waals surface area contributed by atoms with Gasteiger partial charge in [0.15, 0.2) is 17.5 Å². The third-order valence-electron chi connectivity index (χ3n) is 11.7. The van der Waals surface area contributed by atoms with Crippen molar-refractivity contribution in [1.82, 2.24) is 19.5 Å². The van der Waals surface area contributed by atoms with Gasteiger partial charge in [-0.3, -0.25) is 0 Å². The van der Waals surface area contributed by atoms with E-state index in [1.54, 1.807) is 0 Å². The lowest BCUT2D eigenvalue weighted by Gasteiger charge is -2.14. The number of nitrogens with zero attached hydrogens (tertiary/aromatic N) is 4. The molecule has 0 bridgehead atoms. The first kappa shape index (κ1) is 35.9. The number of rotatable bonds is 9. The lowest BCUT2D eigenvalue weighted by Crippen LogP contribution is -2.01. The molecule has 0 spiro atoms. The van der Waals surface area contributed by atoms with Crippen LogP contribution in [0.2, 0.25) is 0 Å². The van der Waals surface area contributed by atoms with Crippen LogP contribution in [0.15, 0.2) is 188 Å². The van der Waals surface area contributed by atoms with Gasteiger partial charge in [0.25, 0.3) is 0 Å². The van der Waals surface area contributed by atoms with Crippen molar-refractivity contribution >= 4 is 53.3 Å². The second-order valence-corrected chi connectivity index (χ2v) is 16.5. The first-order valence-corrected chi connectivity index (χ1v) is 21.6. The summed E-state index contributed by atoms with van der Waals surface area (Å²) < 4.78 is 5.05. The Morgan fingerprint density at radius 2 is 1.03 bits per heavy atom. The van der Waals surface area contributed by atoms with Crippen molar-refractivity contribution in [3.05, 3.63) is 194 Å². The number of benzene rings is 8. The molecule has 3 aromatic heterocycles. The number of hydrogen-bond donors (Lipinski definition) is 0. The number of aromatic nitrogens is 4. The molecule has 0 atom stereocenters. The number of aryl methyl sites for hydroxylation is 1. The van der Waals surface area contributed by atoms with E-state index in [0.717, 1.165) is 39.9 Å². The molecule has 11 rings (SSSR count). The van der Waals surface area contributed by atoms with Crippen LogP contribution >= 0.6 is 11.3 Å². The van der Waals surface area contributed by atoms with Crippen LogP contribution in [0.5, 0.6) is 0 Å². The van der Waals surface area contributed by atoms with E-state index in [9.17, 15) is 0 Å². The fourth-order valence-corrected chi connectivity index (χ4v) is 9.92. The van der Waals surface area contributed by atoms with Gasteiger partial charge in [-0.1, -0.05) is 165 Å². The number of para-hydroxylation sites is 1. The zero-order chi connectivity index (χ0) is 40.0. The summed E-state index contributed by atoms with van der Waals surface area (Å²) in [6.45, 7) is 2.23. The van der Waals surface area contributed by atoms with E-state index in [2.05, 4.69) is 181 Å². The smallest absolute Gasteiger partial charge is 0.164 e. The van der Waals surface area contributed by atoms with Gasteiger partial charge >= 0.3 is 0 Å². The molecule has 0 fully saturated rings. The summed E-state index contributed by atoms with van der Waals surface area (Å²) in [7, 11) is 0. The van der Waals surface area contributed by atoms with Crippen LogP contribution in [0.3, 0.4) is 0 Å². The van der Waals surface area contributed by atoms with E-state index in [-0.39, 0.29) is 0 Å². The number of hydrogen-bond acceptors (Lipinski definition) is 4. The van der Waals surface area contributed by atoms with Crippen molar-refractivity contribution in [3.63, 3.8) is 0 Å². The Morgan fingerprint density at radius 1 is 0.433 bits per heavy atom. The Bertz CT molecular complexity index is 3360. The fourth-order valence-electron chi connectivity index (χ4n) is 8.68. The van der Waals surface area contributed by atoms with Crippen molar-refractivity contribution < 1.29 is 0 Å². The van der Waals surface area contributed by atoms with E-state index < -0.39 is 0 Å². The predicted molar refractivity (Wildman–Crippen MR) is 253 cm³/mol. The molecule has 4 nitrogen and oxygen atoms in total. The van der Waals surface area contributed by atoms with Gasteiger partial charge in [0.1, 0.15) is 0 Å². The molecular formula is C55H40N4S. The van der Waals surface area contributed by atoms with Crippen molar-refractivity contribution in [2.75, 3.05) is 0 Å². The zero-order valence-electron chi connectivity index (χ0n) is 33.2. The van der Waals surface area contributed by atoms with Crippen LogP contribution in [-0.2, 0) is 6.42 Å². The molecule has 0 saturated carbocycles. The highest BCUT2D eigenvalue weighted by Crippen LogP contribution is 2.42. The summed E-state index contributed by atoms with van der Waals surface area (Å²) in [5, 5.41) is 5.09. The van der Waals surface area contributed by atoms with Gasteiger partial charge < -0.3 is 4.57 Å². The lowest BCUT2D eigenvalue weighted by atomic mass is 9.98. The minimum absolute atomic E-state index is 0.646. The summed E-state index contributed by atoms with van der Waals surface area (Å²) >= 11 is 1.88. The van der Waals surface area contributed by atoms with E-state index in [0.29, 0.717) is 17.5 Å². The van der Waals surface area contributed by atoms with Gasteiger partial charge in [0.05, 0.1) is 11.0 Å². The van der Waals surface area contributed by atoms with Crippen LogP contribution in [0.4, 0.5) is 0 Å². The van der Waals surface area contributed by atoms with Crippen LogP contribution < -0.4 is 0 Å². The van der Waals surface area contributed by atoms with Gasteiger partial charge in [-0.2, -0.15) is 0 Å². The number of unbranched alkanes of at least 4 members (excludes halogenated alkanes) is 1. The molecule has 0 aliphatic carbocycles. The Balaban J connectivity index is 1.03. The highest BCUT2D eigenvalue weighted by atomic mass is 32.1. The second kappa shape index (κ2) is 15.2. The van der Waals surface area contributed by atoms with E-state index in [1.165, 1.54) is 71.5 Å². The molecule has 8 aromatic carbocycles. The molecule has 0 radical (unpaired) electrons. The minimum atomic E-state index is 0.646. The number of fused-ring (bicyclic) bond motifs is 6. The van der Waals surface area contributed by atoms with Gasteiger partial charge in [-0.25, -0.2) is 15.0 Å². The standard InChI is InChI=1S/C55H40N4S/c1-2-3-15-36-28-30-38(31-29-36)54-56-53(37-16-5-4-6-17-37)57-55(58-54)47-23-8-7-20-42(47)39-18-13-19-41(34-39)59-49-26-11-9-21-44(49)48-35-40(32-33-50(48)59)43-24-14-25-46-45-22-10-12-27-51(45)60-52(43)46/h4-14,16-35H,2-3,15H2,1H3. The molecule has 0 N–H and O–H groups in total. The van der Waals surface area contributed by atoms with Gasteiger partial charge in [0, 0.05) is 53.3 Å². The Morgan fingerprint density at radius 3 is 1.87 bits per heavy atom. The largest absolute Gasteiger partial charge is 0.309 e. The topological polar surface area (TPSA) is 43.6 Å². The number of thiophene rings is 1. The van der Waals surface area contributed by atoms with Crippen molar-refractivity contribution in [1.29, 1.82) is 0 Å². The van der Waals surface area contributed by atoms with E-state index in [4.69, 9.17) is 15.0 Å². The first-order valence-electron chi connectivity index (χ1n) is 20.7. The predicted octanol–water partition coefficient (Wildman–Crippen LogP) is 15.0. The second-order valence-electron chi connectivity index (χ2n) is 15.4. The molecule has 3 heterocycles. The first-order chi connectivity index (χ1) is 29.7. The third-order valence-corrected chi connectivity index (χ3v) is 12.9. The molecule has 0 aliphatic heterocycles. The average molecular weight is 789 g/mol. The average Bonchev–Trinajstić information content (AvgIpc) is 3.87. The van der Waals surface area contributed by atoms with Crippen molar-refractivity contribution in [2.24, 2.45) is 0 Å². The molecule has 0 saturated heterocycles. The highest BCUT2D eigenvalue weighted by molar-refractivity contribution is 7.26. The normalized spacial score (nSPS) is 11.6. The molecule has 0 aliphatic rings. The Hall–Kier alpha value is -7.21. The Kier molecular flexibility index (Phi) is 9.09. The third kappa shape index (κ3) is 6.35. The molecular weight excluding hydrogens is 749 g/mol. The van der Waals surface area contributed by atoms with Gasteiger partial charge in [0.2, 0.25) is 0 Å². The lowest BCUT2D eigenvalue weighted by molar-refractivity contribution is 0.795. The van der Waals surface area contributed by atoms with E-state index in [1.807, 2.05) is 29.5 Å². The molecule has 286 valence electrons. The maximum absolute atomic E-state index is 5.17. The highest BCUT2D eigenvalue weighted by Gasteiger charge is 2.19. The summed E-state index contributed by atoms with van der Waals surface area (Å²) in [5.74, 6) is 1.97. The zero-order valence-corrected chi connectivity index (χ0v) is 34.0. The fraction of sp³-hybridized carbons (Fsp3) is 0.0727. The van der Waals surface area contributed by atoms with E-state index >= 15 is 0 Å². The van der Waals surface area contributed by atoms with Gasteiger partial charge in [-0.15, -0.1) is 11.3 Å². The summed E-state index contributed by atoms with van der Waals surface area (Å²) in [6.07, 6.45) is 3.42. The maximum Gasteiger partial charge on any atom is 0.164 e. The summed E-state index contributed by atoms with van der Waals surface area (Å²) in [5.41, 5.74) is 12.3. The van der Waals surface area contributed by atoms with Gasteiger partial charge in [-0.05, 0) is 77.1 Å². The minimum Gasteiger partial charge on any atom is -0.309 e. The SMILES string of the molecule is CCCCc1ccc(-c2nc(-c3ccccc3)nc(-c3ccccc3-c3cccc(-n4c5ccccc5c5cc(-c6cccc7c6sc6ccccc67)ccc54)c3)n2)cc1.